The molecule has 1 N–H and O–H groups in total. The molecule has 1 amide bonds. The third kappa shape index (κ3) is 2.70. The third-order valence-electron chi connectivity index (χ3n) is 4.22. The number of ether oxygens (including phenoxy) is 1. The highest BCUT2D eigenvalue weighted by molar-refractivity contribution is 5.93. The number of aryl methyl sites for hydroxylation is 1. The van der Waals surface area contributed by atoms with Gasteiger partial charge in [-0.15, -0.1) is 0 Å². The van der Waals surface area contributed by atoms with Gasteiger partial charge in [-0.25, -0.2) is 9.97 Å². The van der Waals surface area contributed by atoms with Gasteiger partial charge in [-0.2, -0.15) is 0 Å². The summed E-state index contributed by atoms with van der Waals surface area (Å²) in [6, 6.07) is 3.73. The lowest BCUT2D eigenvalue weighted by molar-refractivity contribution is -0.131. The van der Waals surface area contributed by atoms with Crippen molar-refractivity contribution in [1.82, 2.24) is 14.5 Å². The Morgan fingerprint density at radius 1 is 1.50 bits per heavy atom. The summed E-state index contributed by atoms with van der Waals surface area (Å²) in [5, 5.41) is 2.95. The molecular weight excluding hydrogens is 280 g/mol. The zero-order chi connectivity index (χ0) is 15.7. The molecule has 0 spiro atoms. The van der Waals surface area contributed by atoms with Crippen molar-refractivity contribution in [3.63, 3.8) is 0 Å². The van der Waals surface area contributed by atoms with E-state index in [9.17, 15) is 4.79 Å². The van der Waals surface area contributed by atoms with Crippen LogP contribution in [0, 0.1) is 11.8 Å². The van der Waals surface area contributed by atoms with Crippen LogP contribution in [-0.4, -0.2) is 33.2 Å². The normalized spacial score (nSPS) is 22.2. The predicted octanol–water partition coefficient (Wildman–Crippen LogP) is 2.36. The first-order valence-electron chi connectivity index (χ1n) is 7.78. The van der Waals surface area contributed by atoms with Gasteiger partial charge in [-0.3, -0.25) is 14.7 Å². The number of rotatable bonds is 3. The lowest BCUT2D eigenvalue weighted by atomic mass is 9.87. The molecule has 1 saturated heterocycles. The van der Waals surface area contributed by atoms with E-state index in [0.29, 0.717) is 11.9 Å². The molecule has 0 aromatic carbocycles. The van der Waals surface area contributed by atoms with Crippen molar-refractivity contribution in [1.29, 1.82) is 0 Å². The van der Waals surface area contributed by atoms with Crippen LogP contribution in [0.5, 0.6) is 0 Å². The summed E-state index contributed by atoms with van der Waals surface area (Å²) in [4.78, 5) is 21.4. The molecule has 2 atom stereocenters. The second-order valence-electron chi connectivity index (χ2n) is 6.16. The number of aromatic nitrogens is 3. The fraction of sp³-hybridized carbons (Fsp3) is 0.562. The molecule has 0 aliphatic carbocycles. The van der Waals surface area contributed by atoms with Crippen molar-refractivity contribution in [3.8, 4) is 0 Å². The van der Waals surface area contributed by atoms with E-state index < -0.39 is 0 Å². The van der Waals surface area contributed by atoms with E-state index in [1.54, 1.807) is 10.8 Å². The highest BCUT2D eigenvalue weighted by Gasteiger charge is 2.34. The molecule has 3 rings (SSSR count). The van der Waals surface area contributed by atoms with Gasteiger partial charge in [-0.05, 0) is 30.9 Å². The van der Waals surface area contributed by atoms with Gasteiger partial charge < -0.3 is 4.74 Å². The van der Waals surface area contributed by atoms with Crippen LogP contribution >= 0.6 is 0 Å². The van der Waals surface area contributed by atoms with E-state index >= 15 is 0 Å². The number of anilines is 1. The quantitative estimate of drug-likeness (QED) is 0.945. The second-order valence-corrected chi connectivity index (χ2v) is 6.16. The molecule has 6 nitrogen and oxygen atoms in total. The first-order chi connectivity index (χ1) is 10.6. The number of hydrogen-bond donors (Lipinski definition) is 1. The van der Waals surface area contributed by atoms with Gasteiger partial charge >= 0.3 is 0 Å². The Labute approximate surface area is 129 Å². The summed E-state index contributed by atoms with van der Waals surface area (Å²) >= 11 is 0. The van der Waals surface area contributed by atoms with E-state index in [1.165, 1.54) is 0 Å². The van der Waals surface area contributed by atoms with Crippen LogP contribution in [0.25, 0.3) is 11.2 Å². The van der Waals surface area contributed by atoms with Crippen molar-refractivity contribution < 1.29 is 9.53 Å². The number of imidazole rings is 1. The second kappa shape index (κ2) is 6.04. The Kier molecular flexibility index (Phi) is 4.11. The smallest absolute Gasteiger partial charge is 0.232 e. The highest BCUT2D eigenvalue weighted by Crippen LogP contribution is 2.27. The lowest BCUT2D eigenvalue weighted by Gasteiger charge is -2.33. The molecule has 0 bridgehead atoms. The van der Waals surface area contributed by atoms with Gasteiger partial charge in [-0.1, -0.05) is 13.8 Å². The summed E-state index contributed by atoms with van der Waals surface area (Å²) in [6.07, 6.45) is 3.48. The van der Waals surface area contributed by atoms with Gasteiger partial charge in [0.15, 0.2) is 5.65 Å². The molecular formula is C16H22N4O2. The average molecular weight is 302 g/mol. The number of amides is 1. The first kappa shape index (κ1) is 15.0. The maximum atomic E-state index is 12.6. The van der Waals surface area contributed by atoms with Gasteiger partial charge in [0.2, 0.25) is 11.9 Å². The minimum atomic E-state index is -0.124. The first-order valence-corrected chi connectivity index (χ1v) is 7.78. The van der Waals surface area contributed by atoms with Crippen molar-refractivity contribution in [2.75, 3.05) is 11.9 Å². The Bertz CT molecular complexity index is 680. The van der Waals surface area contributed by atoms with E-state index in [0.717, 1.165) is 30.6 Å². The van der Waals surface area contributed by atoms with Crippen LogP contribution in [-0.2, 0) is 16.6 Å². The molecule has 1 aliphatic rings. The third-order valence-corrected chi connectivity index (χ3v) is 4.22. The minimum Gasteiger partial charge on any atom is -0.377 e. The number of carbonyl (C=O) groups is 1. The van der Waals surface area contributed by atoms with Crippen LogP contribution in [0.4, 0.5) is 5.95 Å². The number of nitrogens with zero attached hydrogens (tertiary/aromatic N) is 3. The van der Waals surface area contributed by atoms with Crippen LogP contribution in [0.15, 0.2) is 18.3 Å². The fourth-order valence-corrected chi connectivity index (χ4v) is 3.08. The zero-order valence-electron chi connectivity index (χ0n) is 13.2. The van der Waals surface area contributed by atoms with Gasteiger partial charge in [0.1, 0.15) is 5.52 Å². The average Bonchev–Trinajstić information content (AvgIpc) is 2.84. The molecule has 0 radical (unpaired) electrons. The number of carbonyl (C=O) groups excluding carboxylic acids is 1. The molecule has 2 unspecified atom stereocenters. The van der Waals surface area contributed by atoms with Gasteiger partial charge in [0, 0.05) is 19.9 Å². The number of nitrogens with one attached hydrogen (secondary N) is 1. The predicted molar refractivity (Wildman–Crippen MR) is 84.4 cm³/mol. The molecule has 22 heavy (non-hydrogen) atoms. The largest absolute Gasteiger partial charge is 0.377 e. The topological polar surface area (TPSA) is 69.0 Å². The van der Waals surface area contributed by atoms with Crippen LogP contribution in [0.2, 0.25) is 0 Å². The van der Waals surface area contributed by atoms with Crippen molar-refractivity contribution in [3.05, 3.63) is 18.3 Å². The van der Waals surface area contributed by atoms with E-state index in [-0.39, 0.29) is 17.9 Å². The summed E-state index contributed by atoms with van der Waals surface area (Å²) in [6.45, 7) is 4.92. The van der Waals surface area contributed by atoms with E-state index in [4.69, 9.17) is 4.74 Å². The monoisotopic (exact) mass is 302 g/mol. The number of pyridine rings is 1. The minimum absolute atomic E-state index is 0.0168. The molecule has 1 fully saturated rings. The van der Waals surface area contributed by atoms with Crippen molar-refractivity contribution in [2.24, 2.45) is 18.9 Å². The van der Waals surface area contributed by atoms with Gasteiger partial charge in [0.05, 0.1) is 12.0 Å². The molecule has 118 valence electrons. The Hall–Kier alpha value is -1.95. The van der Waals surface area contributed by atoms with Crippen LogP contribution in [0.1, 0.15) is 26.7 Å². The van der Waals surface area contributed by atoms with Crippen molar-refractivity contribution >= 4 is 23.0 Å². The molecule has 2 aromatic heterocycles. The van der Waals surface area contributed by atoms with Gasteiger partial charge in [0.25, 0.3) is 0 Å². The molecule has 3 heterocycles. The Morgan fingerprint density at radius 2 is 2.32 bits per heavy atom. The van der Waals surface area contributed by atoms with Crippen LogP contribution < -0.4 is 5.32 Å². The summed E-state index contributed by atoms with van der Waals surface area (Å²) in [5.74, 6) is 0.711. The van der Waals surface area contributed by atoms with Crippen molar-refractivity contribution in [2.45, 2.75) is 32.8 Å². The fourth-order valence-electron chi connectivity index (χ4n) is 3.08. The maximum Gasteiger partial charge on any atom is 0.232 e. The standard InChI is InChI=1S/C16H22N4O2/c1-10(2)13-11(6-5-9-22-13)15(21)19-16-18-12-7-4-8-17-14(12)20(16)3/h4,7-8,10-11,13H,5-6,9H2,1-3H3,(H,18,19,21). The summed E-state index contributed by atoms with van der Waals surface area (Å²) < 4.78 is 7.61. The Balaban J connectivity index is 1.81. The number of hydrogen-bond acceptors (Lipinski definition) is 4. The highest BCUT2D eigenvalue weighted by atomic mass is 16.5. The van der Waals surface area contributed by atoms with E-state index in [1.807, 2.05) is 19.2 Å². The number of fused-ring (bicyclic) bond motifs is 1. The SMILES string of the molecule is CC(C)C1OCCCC1C(=O)Nc1nc2cccnc2n1C. The molecule has 1 aliphatic heterocycles. The lowest BCUT2D eigenvalue weighted by Crippen LogP contribution is -2.41. The van der Waals surface area contributed by atoms with E-state index in [2.05, 4.69) is 29.1 Å². The summed E-state index contributed by atoms with van der Waals surface area (Å²) in [5.41, 5.74) is 1.54. The maximum absolute atomic E-state index is 12.6. The molecule has 6 heteroatoms. The molecule has 0 saturated carbocycles. The van der Waals surface area contributed by atoms with Crippen LogP contribution in [0.3, 0.4) is 0 Å². The zero-order valence-corrected chi connectivity index (χ0v) is 13.2. The summed E-state index contributed by atoms with van der Waals surface area (Å²) in [7, 11) is 1.86. The Morgan fingerprint density at radius 3 is 3.05 bits per heavy atom. The molecule has 2 aromatic rings.